The Kier molecular flexibility index (Phi) is 5.77. The van der Waals surface area contributed by atoms with Crippen LogP contribution >= 0.6 is 0 Å². The Morgan fingerprint density at radius 3 is 2.25 bits per heavy atom. The van der Waals surface area contributed by atoms with Crippen LogP contribution in [0, 0.1) is 11.3 Å². The van der Waals surface area contributed by atoms with Crippen molar-refractivity contribution in [1.82, 2.24) is 9.80 Å². The van der Waals surface area contributed by atoms with Crippen molar-refractivity contribution in [2.75, 3.05) is 39.3 Å². The van der Waals surface area contributed by atoms with E-state index in [4.69, 9.17) is 11.1 Å². The average Bonchev–Trinajstić information content (AvgIpc) is 2.19. The van der Waals surface area contributed by atoms with Crippen LogP contribution in [-0.2, 0) is 0 Å². The van der Waals surface area contributed by atoms with Crippen LogP contribution in [0.25, 0.3) is 0 Å². The maximum atomic E-state index is 7.17. The molecule has 1 heterocycles. The van der Waals surface area contributed by atoms with Crippen LogP contribution < -0.4 is 5.73 Å². The maximum absolute atomic E-state index is 7.17. The SMILES string of the molecule is CC(C)CN1CCN(CCCC(=N)N)CC1. The quantitative estimate of drug-likeness (QED) is 0.524. The first-order chi connectivity index (χ1) is 7.58. The summed E-state index contributed by atoms with van der Waals surface area (Å²) in [5.74, 6) is 1.09. The molecule has 0 atom stereocenters. The summed E-state index contributed by atoms with van der Waals surface area (Å²) in [5.41, 5.74) is 5.34. The second-order valence-corrected chi connectivity index (χ2v) is 5.16. The molecule has 4 nitrogen and oxygen atoms in total. The van der Waals surface area contributed by atoms with Crippen LogP contribution in [0.2, 0.25) is 0 Å². The number of rotatable bonds is 6. The zero-order valence-corrected chi connectivity index (χ0v) is 10.7. The van der Waals surface area contributed by atoms with Crippen LogP contribution in [0.3, 0.4) is 0 Å². The molecule has 0 spiro atoms. The summed E-state index contributed by atoms with van der Waals surface area (Å²) in [6.07, 6.45) is 1.77. The predicted molar refractivity (Wildman–Crippen MR) is 68.9 cm³/mol. The van der Waals surface area contributed by atoms with Gasteiger partial charge in [0.2, 0.25) is 0 Å². The van der Waals surface area contributed by atoms with Crippen molar-refractivity contribution in [3.8, 4) is 0 Å². The number of amidine groups is 1. The van der Waals surface area contributed by atoms with Crippen molar-refractivity contribution in [3.63, 3.8) is 0 Å². The van der Waals surface area contributed by atoms with Gasteiger partial charge in [-0.15, -0.1) is 0 Å². The van der Waals surface area contributed by atoms with Gasteiger partial charge in [0.1, 0.15) is 0 Å². The largest absolute Gasteiger partial charge is 0.388 e. The minimum atomic E-state index is 0.318. The third-order valence-corrected chi connectivity index (χ3v) is 3.01. The van der Waals surface area contributed by atoms with Gasteiger partial charge in [0.05, 0.1) is 5.84 Å². The normalized spacial score (nSPS) is 19.2. The molecule has 0 radical (unpaired) electrons. The molecule has 0 bridgehead atoms. The Labute approximate surface area is 99.3 Å². The van der Waals surface area contributed by atoms with E-state index in [2.05, 4.69) is 23.6 Å². The Bertz CT molecular complexity index is 207. The second kappa shape index (κ2) is 6.86. The van der Waals surface area contributed by atoms with E-state index in [0.29, 0.717) is 5.84 Å². The van der Waals surface area contributed by atoms with E-state index in [9.17, 15) is 0 Å². The Hall–Kier alpha value is -0.610. The average molecular weight is 226 g/mol. The van der Waals surface area contributed by atoms with Crippen molar-refractivity contribution in [1.29, 1.82) is 5.41 Å². The van der Waals surface area contributed by atoms with Gasteiger partial charge in [-0.3, -0.25) is 5.41 Å². The molecule has 4 heteroatoms. The molecule has 1 aliphatic rings. The van der Waals surface area contributed by atoms with Gasteiger partial charge in [0.25, 0.3) is 0 Å². The highest BCUT2D eigenvalue weighted by molar-refractivity contribution is 5.76. The zero-order valence-electron chi connectivity index (χ0n) is 10.7. The van der Waals surface area contributed by atoms with E-state index in [-0.39, 0.29) is 0 Å². The standard InChI is InChI=1S/C12H26N4/c1-11(2)10-16-8-6-15(7-9-16)5-3-4-12(13)14/h11H,3-10H2,1-2H3,(H3,13,14). The molecule has 0 saturated carbocycles. The van der Waals surface area contributed by atoms with Gasteiger partial charge >= 0.3 is 0 Å². The van der Waals surface area contributed by atoms with Crippen LogP contribution in [-0.4, -0.2) is 54.9 Å². The molecule has 1 saturated heterocycles. The first-order valence-corrected chi connectivity index (χ1v) is 6.35. The first-order valence-electron chi connectivity index (χ1n) is 6.35. The van der Waals surface area contributed by atoms with Crippen LogP contribution in [0.15, 0.2) is 0 Å². The molecule has 0 aromatic carbocycles. The van der Waals surface area contributed by atoms with Crippen molar-refractivity contribution in [2.24, 2.45) is 11.7 Å². The fraction of sp³-hybridized carbons (Fsp3) is 0.917. The number of hydrogen-bond acceptors (Lipinski definition) is 3. The topological polar surface area (TPSA) is 56.4 Å². The van der Waals surface area contributed by atoms with Gasteiger partial charge in [0, 0.05) is 39.1 Å². The van der Waals surface area contributed by atoms with Gasteiger partial charge in [0.15, 0.2) is 0 Å². The Balaban J connectivity index is 2.09. The van der Waals surface area contributed by atoms with E-state index in [1.54, 1.807) is 0 Å². The summed E-state index contributed by atoms with van der Waals surface area (Å²) in [4.78, 5) is 5.03. The molecular weight excluding hydrogens is 200 g/mol. The fourth-order valence-electron chi connectivity index (χ4n) is 2.20. The highest BCUT2D eigenvalue weighted by Crippen LogP contribution is 2.06. The molecule has 1 fully saturated rings. The highest BCUT2D eigenvalue weighted by atomic mass is 15.3. The van der Waals surface area contributed by atoms with Crippen molar-refractivity contribution in [2.45, 2.75) is 26.7 Å². The molecular formula is C12H26N4. The third-order valence-electron chi connectivity index (χ3n) is 3.01. The second-order valence-electron chi connectivity index (χ2n) is 5.16. The molecule has 16 heavy (non-hydrogen) atoms. The highest BCUT2D eigenvalue weighted by Gasteiger charge is 2.16. The predicted octanol–water partition coefficient (Wildman–Crippen LogP) is 0.976. The number of piperazine rings is 1. The summed E-state index contributed by atoms with van der Waals surface area (Å²) < 4.78 is 0. The molecule has 0 aliphatic carbocycles. The van der Waals surface area contributed by atoms with Gasteiger partial charge in [-0.1, -0.05) is 13.8 Å². The van der Waals surface area contributed by atoms with E-state index in [1.165, 1.54) is 32.7 Å². The van der Waals surface area contributed by atoms with E-state index < -0.39 is 0 Å². The van der Waals surface area contributed by atoms with Crippen LogP contribution in [0.1, 0.15) is 26.7 Å². The van der Waals surface area contributed by atoms with Gasteiger partial charge in [-0.05, 0) is 18.9 Å². The summed E-state index contributed by atoms with van der Waals surface area (Å²) in [6, 6.07) is 0. The lowest BCUT2D eigenvalue weighted by atomic mass is 10.2. The number of nitrogens with one attached hydrogen (secondary N) is 1. The van der Waals surface area contributed by atoms with Gasteiger partial charge in [-0.2, -0.15) is 0 Å². The molecule has 94 valence electrons. The summed E-state index contributed by atoms with van der Waals surface area (Å²) in [7, 11) is 0. The molecule has 0 aromatic heterocycles. The van der Waals surface area contributed by atoms with Crippen LogP contribution in [0.5, 0.6) is 0 Å². The van der Waals surface area contributed by atoms with Gasteiger partial charge in [-0.25, -0.2) is 0 Å². The first kappa shape index (κ1) is 13.5. The lowest BCUT2D eigenvalue weighted by Gasteiger charge is -2.35. The molecule has 1 aliphatic heterocycles. The molecule has 0 aromatic rings. The van der Waals surface area contributed by atoms with Crippen molar-refractivity contribution in [3.05, 3.63) is 0 Å². The number of nitrogens with two attached hydrogens (primary N) is 1. The smallest absolute Gasteiger partial charge is 0.0905 e. The molecule has 0 unspecified atom stereocenters. The summed E-state index contributed by atoms with van der Waals surface area (Å²) in [6.45, 7) is 11.6. The number of hydrogen-bond donors (Lipinski definition) is 2. The molecule has 1 rings (SSSR count). The molecule has 0 amide bonds. The zero-order chi connectivity index (χ0) is 12.0. The van der Waals surface area contributed by atoms with Gasteiger partial charge < -0.3 is 15.5 Å². The van der Waals surface area contributed by atoms with Crippen molar-refractivity contribution >= 4 is 5.84 Å². The molecule has 3 N–H and O–H groups in total. The minimum absolute atomic E-state index is 0.318. The van der Waals surface area contributed by atoms with E-state index in [0.717, 1.165) is 25.3 Å². The maximum Gasteiger partial charge on any atom is 0.0905 e. The van der Waals surface area contributed by atoms with Crippen LogP contribution in [0.4, 0.5) is 0 Å². The Morgan fingerprint density at radius 1 is 1.19 bits per heavy atom. The third kappa shape index (κ3) is 5.47. The summed E-state index contributed by atoms with van der Waals surface area (Å²) >= 11 is 0. The van der Waals surface area contributed by atoms with E-state index in [1.807, 2.05) is 0 Å². The summed E-state index contributed by atoms with van der Waals surface area (Å²) in [5, 5.41) is 7.17. The Morgan fingerprint density at radius 2 is 1.75 bits per heavy atom. The fourth-order valence-corrected chi connectivity index (χ4v) is 2.20. The monoisotopic (exact) mass is 226 g/mol. The lowest BCUT2D eigenvalue weighted by molar-refractivity contribution is 0.122. The minimum Gasteiger partial charge on any atom is -0.388 e. The van der Waals surface area contributed by atoms with Crippen molar-refractivity contribution < 1.29 is 0 Å². The number of nitrogens with zero attached hydrogens (tertiary/aromatic N) is 2. The van der Waals surface area contributed by atoms with E-state index >= 15 is 0 Å². The lowest BCUT2D eigenvalue weighted by Crippen LogP contribution is -2.47.